The van der Waals surface area contributed by atoms with Crippen molar-refractivity contribution < 1.29 is 4.79 Å². The van der Waals surface area contributed by atoms with Gasteiger partial charge in [-0.3, -0.25) is 9.79 Å². The minimum Gasteiger partial charge on any atom is -0.299 e. The molecule has 15 heavy (non-hydrogen) atoms. The van der Waals surface area contributed by atoms with Crippen LogP contribution in [0.15, 0.2) is 35.3 Å². The molecule has 2 nitrogen and oxygen atoms in total. The second-order valence-corrected chi connectivity index (χ2v) is 4.00. The first-order valence-electron chi connectivity index (χ1n) is 5.40. The van der Waals surface area contributed by atoms with Gasteiger partial charge in [0.1, 0.15) is 5.78 Å². The monoisotopic (exact) mass is 201 g/mol. The van der Waals surface area contributed by atoms with Gasteiger partial charge in [0.15, 0.2) is 0 Å². The van der Waals surface area contributed by atoms with E-state index < -0.39 is 0 Å². The molecule has 78 valence electrons. The molecule has 0 aliphatic heterocycles. The molecule has 2 heteroatoms. The largest absolute Gasteiger partial charge is 0.299 e. The van der Waals surface area contributed by atoms with E-state index in [9.17, 15) is 4.79 Å². The minimum atomic E-state index is 0.0743. The fourth-order valence-corrected chi connectivity index (χ4v) is 2.04. The van der Waals surface area contributed by atoms with Gasteiger partial charge in [0, 0.05) is 12.1 Å². The van der Waals surface area contributed by atoms with Gasteiger partial charge >= 0.3 is 0 Å². The Kier molecular flexibility index (Phi) is 2.95. The Morgan fingerprint density at radius 1 is 1.33 bits per heavy atom. The van der Waals surface area contributed by atoms with Crippen molar-refractivity contribution in [3.8, 4) is 0 Å². The van der Waals surface area contributed by atoms with Crippen molar-refractivity contribution in [1.82, 2.24) is 0 Å². The summed E-state index contributed by atoms with van der Waals surface area (Å²) >= 11 is 0. The van der Waals surface area contributed by atoms with Crippen molar-refractivity contribution in [2.24, 2.45) is 10.9 Å². The Labute approximate surface area is 90.0 Å². The van der Waals surface area contributed by atoms with Crippen molar-refractivity contribution in [3.05, 3.63) is 30.3 Å². The maximum absolute atomic E-state index is 11.5. The van der Waals surface area contributed by atoms with Crippen molar-refractivity contribution in [1.29, 1.82) is 0 Å². The van der Waals surface area contributed by atoms with Gasteiger partial charge in [0.25, 0.3) is 0 Å². The van der Waals surface area contributed by atoms with Crippen molar-refractivity contribution in [2.75, 3.05) is 0 Å². The Balaban J connectivity index is 2.17. The van der Waals surface area contributed by atoms with Crippen LogP contribution in [0, 0.1) is 5.92 Å². The fourth-order valence-electron chi connectivity index (χ4n) is 2.04. The maximum Gasteiger partial charge on any atom is 0.141 e. The number of rotatable bonds is 2. The summed E-state index contributed by atoms with van der Waals surface area (Å²) in [5, 5.41) is 0. The first-order valence-corrected chi connectivity index (χ1v) is 5.40. The Hall–Kier alpha value is -1.44. The molecule has 0 heterocycles. The van der Waals surface area contributed by atoms with Crippen LogP contribution in [0.25, 0.3) is 0 Å². The average molecular weight is 201 g/mol. The number of carbonyl (C=O) groups is 1. The van der Waals surface area contributed by atoms with E-state index in [1.807, 2.05) is 37.3 Å². The lowest BCUT2D eigenvalue weighted by Gasteiger charge is -2.06. The summed E-state index contributed by atoms with van der Waals surface area (Å²) in [5.74, 6) is 0.428. The second kappa shape index (κ2) is 4.39. The zero-order valence-electron chi connectivity index (χ0n) is 8.94. The molecule has 0 bridgehead atoms. The average Bonchev–Trinajstić information content (AvgIpc) is 2.66. The van der Waals surface area contributed by atoms with Crippen LogP contribution < -0.4 is 0 Å². The molecule has 0 spiro atoms. The van der Waals surface area contributed by atoms with E-state index in [2.05, 4.69) is 4.99 Å². The highest BCUT2D eigenvalue weighted by Gasteiger charge is 2.26. The lowest BCUT2D eigenvalue weighted by molar-refractivity contribution is -0.118. The van der Waals surface area contributed by atoms with E-state index in [-0.39, 0.29) is 5.92 Å². The van der Waals surface area contributed by atoms with Gasteiger partial charge < -0.3 is 0 Å². The van der Waals surface area contributed by atoms with Gasteiger partial charge in [-0.15, -0.1) is 0 Å². The van der Waals surface area contributed by atoms with E-state index in [1.165, 1.54) is 0 Å². The smallest absolute Gasteiger partial charge is 0.141 e. The van der Waals surface area contributed by atoms with Gasteiger partial charge in [-0.25, -0.2) is 0 Å². The highest BCUT2D eigenvalue weighted by atomic mass is 16.1. The van der Waals surface area contributed by atoms with E-state index in [1.54, 1.807) is 0 Å². The van der Waals surface area contributed by atoms with E-state index in [0.29, 0.717) is 5.78 Å². The van der Waals surface area contributed by atoms with E-state index in [4.69, 9.17) is 0 Å². The van der Waals surface area contributed by atoms with Gasteiger partial charge in [0.2, 0.25) is 0 Å². The van der Waals surface area contributed by atoms with Crippen LogP contribution in [0.3, 0.4) is 0 Å². The summed E-state index contributed by atoms with van der Waals surface area (Å²) in [7, 11) is 0. The summed E-state index contributed by atoms with van der Waals surface area (Å²) in [4.78, 5) is 16.0. The van der Waals surface area contributed by atoms with Crippen LogP contribution in [0.4, 0.5) is 5.69 Å². The van der Waals surface area contributed by atoms with E-state index in [0.717, 1.165) is 30.7 Å². The number of hydrogen-bond donors (Lipinski definition) is 0. The minimum absolute atomic E-state index is 0.0743. The highest BCUT2D eigenvalue weighted by molar-refractivity contribution is 6.05. The molecule has 1 aromatic rings. The third-order valence-corrected chi connectivity index (χ3v) is 2.87. The Morgan fingerprint density at radius 2 is 2.07 bits per heavy atom. The fraction of sp³-hybridized carbons (Fsp3) is 0.385. The summed E-state index contributed by atoms with van der Waals surface area (Å²) in [5.41, 5.74) is 1.90. The molecule has 0 amide bonds. The number of benzene rings is 1. The molecule has 1 aliphatic rings. The van der Waals surface area contributed by atoms with E-state index >= 15 is 0 Å². The number of aliphatic imine (C=N–C) groups is 1. The molecular weight excluding hydrogens is 186 g/mol. The molecule has 1 aromatic carbocycles. The third kappa shape index (κ3) is 2.32. The van der Waals surface area contributed by atoms with Crippen LogP contribution in [0.2, 0.25) is 0 Å². The number of carbonyl (C=O) groups excluding carboxylic acids is 1. The summed E-state index contributed by atoms with van der Waals surface area (Å²) in [6, 6.07) is 9.81. The van der Waals surface area contributed by atoms with Crippen LogP contribution in [-0.2, 0) is 4.79 Å². The van der Waals surface area contributed by atoms with Gasteiger partial charge in [-0.05, 0) is 31.9 Å². The van der Waals surface area contributed by atoms with Crippen LogP contribution in [-0.4, -0.2) is 11.5 Å². The molecule has 1 atom stereocenters. The van der Waals surface area contributed by atoms with Gasteiger partial charge in [0.05, 0.1) is 11.6 Å². The molecule has 1 fully saturated rings. The normalized spacial score (nSPS) is 22.1. The summed E-state index contributed by atoms with van der Waals surface area (Å²) in [6.45, 7) is 1.96. The molecule has 0 N–H and O–H groups in total. The SMILES string of the molecule is CC(=Nc1ccccc1)C1CCCC1=O. The highest BCUT2D eigenvalue weighted by Crippen LogP contribution is 2.24. The van der Waals surface area contributed by atoms with Crippen LogP contribution >= 0.6 is 0 Å². The molecule has 0 radical (unpaired) electrons. The molecular formula is C13H15NO. The van der Waals surface area contributed by atoms with Crippen LogP contribution in [0.1, 0.15) is 26.2 Å². The molecule has 1 saturated carbocycles. The molecule has 2 rings (SSSR count). The van der Waals surface area contributed by atoms with Crippen molar-refractivity contribution >= 4 is 17.2 Å². The molecule has 0 saturated heterocycles. The third-order valence-electron chi connectivity index (χ3n) is 2.87. The van der Waals surface area contributed by atoms with Crippen molar-refractivity contribution in [3.63, 3.8) is 0 Å². The van der Waals surface area contributed by atoms with Crippen LogP contribution in [0.5, 0.6) is 0 Å². The zero-order valence-corrected chi connectivity index (χ0v) is 8.94. The number of Topliss-reactive ketones (excluding diaryl/α,β-unsaturated/α-hetero) is 1. The zero-order chi connectivity index (χ0) is 10.7. The topological polar surface area (TPSA) is 29.4 Å². The first-order chi connectivity index (χ1) is 7.27. The lowest BCUT2D eigenvalue weighted by Crippen LogP contribution is -2.15. The maximum atomic E-state index is 11.5. The van der Waals surface area contributed by atoms with Gasteiger partial charge in [-0.1, -0.05) is 18.2 Å². The lowest BCUT2D eigenvalue weighted by atomic mass is 10.0. The Morgan fingerprint density at radius 3 is 2.67 bits per heavy atom. The molecule has 1 aliphatic carbocycles. The standard InChI is InChI=1S/C13H15NO/c1-10(12-8-5-9-13(12)15)14-11-6-3-2-4-7-11/h2-4,6-7,12H,5,8-9H2,1H3. The van der Waals surface area contributed by atoms with Gasteiger partial charge in [-0.2, -0.15) is 0 Å². The van der Waals surface area contributed by atoms with Crippen molar-refractivity contribution in [2.45, 2.75) is 26.2 Å². The number of nitrogens with zero attached hydrogens (tertiary/aromatic N) is 1. The molecule has 1 unspecified atom stereocenters. The summed E-state index contributed by atoms with van der Waals surface area (Å²) in [6.07, 6.45) is 2.72. The first kappa shape index (κ1) is 10.1. The number of hydrogen-bond acceptors (Lipinski definition) is 2. The number of para-hydroxylation sites is 1. The Bertz CT molecular complexity index is 381. The summed E-state index contributed by atoms with van der Waals surface area (Å²) < 4.78 is 0. The molecule has 0 aromatic heterocycles. The second-order valence-electron chi connectivity index (χ2n) is 4.00. The predicted molar refractivity (Wildman–Crippen MR) is 61.6 cm³/mol. The quantitative estimate of drug-likeness (QED) is 0.676. The predicted octanol–water partition coefficient (Wildman–Crippen LogP) is 3.15. The number of ketones is 1.